The first-order chi connectivity index (χ1) is 10.0. The van der Waals surface area contributed by atoms with E-state index in [1.807, 2.05) is 15.5 Å². The third kappa shape index (κ3) is 2.77. The molecule has 0 radical (unpaired) electrons. The lowest BCUT2D eigenvalue weighted by molar-refractivity contribution is -0.135. The van der Waals surface area contributed by atoms with E-state index in [4.69, 9.17) is 0 Å². The Balaban J connectivity index is 1.77. The molecule has 1 aromatic heterocycles. The number of nitrogens with zero attached hydrogens (tertiary/aromatic N) is 2. The van der Waals surface area contributed by atoms with Gasteiger partial charge in [-0.15, -0.1) is 0 Å². The minimum absolute atomic E-state index is 0.0532. The maximum absolute atomic E-state index is 12.2. The van der Waals surface area contributed by atoms with E-state index in [1.54, 1.807) is 12.1 Å². The van der Waals surface area contributed by atoms with Gasteiger partial charge in [-0.1, -0.05) is 6.07 Å². The quantitative estimate of drug-likeness (QED) is 0.838. The number of rotatable bonds is 3. The van der Waals surface area contributed by atoms with Crippen LogP contribution in [0.25, 0.3) is 0 Å². The van der Waals surface area contributed by atoms with E-state index in [2.05, 4.69) is 0 Å². The van der Waals surface area contributed by atoms with Gasteiger partial charge < -0.3 is 14.3 Å². The van der Waals surface area contributed by atoms with Crippen LogP contribution in [-0.4, -0.2) is 34.2 Å². The number of Topliss-reactive ketones (excluding diaryl/α,β-unsaturated/α-hetero) is 1. The summed E-state index contributed by atoms with van der Waals surface area (Å²) >= 11 is 0. The molecule has 1 aromatic rings. The number of piperidine rings is 1. The predicted molar refractivity (Wildman–Crippen MR) is 78.0 cm³/mol. The molecule has 1 amide bonds. The molecule has 2 aliphatic heterocycles. The summed E-state index contributed by atoms with van der Waals surface area (Å²) in [5.41, 5.74) is 1.10. The number of aromatic nitrogens is 1. The Morgan fingerprint density at radius 1 is 1.19 bits per heavy atom. The Morgan fingerprint density at radius 3 is 2.76 bits per heavy atom. The second-order valence-corrected chi connectivity index (χ2v) is 6.20. The molecule has 5 nitrogen and oxygen atoms in total. The molecule has 2 atom stereocenters. The third-order valence-electron chi connectivity index (χ3n) is 4.52. The van der Waals surface area contributed by atoms with Gasteiger partial charge in [-0.3, -0.25) is 9.59 Å². The summed E-state index contributed by atoms with van der Waals surface area (Å²) in [7, 11) is 0. The van der Waals surface area contributed by atoms with E-state index >= 15 is 0 Å². The number of hydrogen-bond donors (Lipinski definition) is 0. The molecule has 0 saturated carbocycles. The van der Waals surface area contributed by atoms with Crippen LogP contribution in [0.15, 0.2) is 23.0 Å². The Morgan fingerprint density at radius 2 is 2.00 bits per heavy atom. The van der Waals surface area contributed by atoms with Crippen LogP contribution in [-0.2, 0) is 16.1 Å². The fraction of sp³-hybridized carbons (Fsp3) is 0.562. The number of pyridine rings is 1. The Labute approximate surface area is 123 Å². The minimum Gasteiger partial charge on any atom is -0.342 e. The molecule has 112 valence electrons. The standard InChI is InChI=1S/C16H20N2O3/c1-11(19)5-6-15(20)17-8-12-7-13(10-17)14-3-2-4-16(21)18(14)9-12/h2-4,12-13H,5-10H2,1H3. The van der Waals surface area contributed by atoms with Crippen molar-refractivity contribution in [3.8, 4) is 0 Å². The maximum atomic E-state index is 12.2. The van der Waals surface area contributed by atoms with Gasteiger partial charge >= 0.3 is 0 Å². The highest BCUT2D eigenvalue weighted by Crippen LogP contribution is 2.35. The van der Waals surface area contributed by atoms with Crippen molar-refractivity contribution < 1.29 is 9.59 Å². The maximum Gasteiger partial charge on any atom is 0.250 e. The van der Waals surface area contributed by atoms with Crippen LogP contribution < -0.4 is 5.56 Å². The zero-order chi connectivity index (χ0) is 15.0. The second-order valence-electron chi connectivity index (χ2n) is 6.20. The van der Waals surface area contributed by atoms with Crippen molar-refractivity contribution in [3.63, 3.8) is 0 Å². The van der Waals surface area contributed by atoms with Gasteiger partial charge in [0.15, 0.2) is 0 Å². The fourth-order valence-electron chi connectivity index (χ4n) is 3.54. The molecular weight excluding hydrogens is 268 g/mol. The first-order valence-electron chi connectivity index (χ1n) is 7.51. The normalized spacial score (nSPS) is 23.6. The highest BCUT2D eigenvalue weighted by atomic mass is 16.2. The Bertz CT molecular complexity index is 635. The van der Waals surface area contributed by atoms with E-state index in [-0.39, 0.29) is 23.2 Å². The highest BCUT2D eigenvalue weighted by Gasteiger charge is 2.35. The molecule has 0 aromatic carbocycles. The first kappa shape index (κ1) is 14.0. The van der Waals surface area contributed by atoms with Gasteiger partial charge in [0.2, 0.25) is 5.91 Å². The predicted octanol–water partition coefficient (Wildman–Crippen LogP) is 1.16. The smallest absolute Gasteiger partial charge is 0.250 e. The number of fused-ring (bicyclic) bond motifs is 4. The van der Waals surface area contributed by atoms with E-state index in [1.165, 1.54) is 6.92 Å². The van der Waals surface area contributed by atoms with Crippen LogP contribution in [0.3, 0.4) is 0 Å². The molecule has 1 saturated heterocycles. The average Bonchev–Trinajstić information content (AvgIpc) is 2.45. The Hall–Kier alpha value is -1.91. The highest BCUT2D eigenvalue weighted by molar-refractivity contribution is 5.83. The van der Waals surface area contributed by atoms with Crippen molar-refractivity contribution in [1.29, 1.82) is 0 Å². The monoisotopic (exact) mass is 288 g/mol. The summed E-state index contributed by atoms with van der Waals surface area (Å²) in [6.07, 6.45) is 1.66. The van der Waals surface area contributed by atoms with Crippen LogP contribution >= 0.6 is 0 Å². The lowest BCUT2D eigenvalue weighted by atomic mass is 9.83. The van der Waals surface area contributed by atoms with Crippen molar-refractivity contribution in [2.24, 2.45) is 5.92 Å². The van der Waals surface area contributed by atoms with Gasteiger partial charge in [-0.2, -0.15) is 0 Å². The molecule has 21 heavy (non-hydrogen) atoms. The van der Waals surface area contributed by atoms with E-state index in [0.717, 1.165) is 12.1 Å². The molecule has 2 unspecified atom stereocenters. The summed E-state index contributed by atoms with van der Waals surface area (Å²) < 4.78 is 1.86. The van der Waals surface area contributed by atoms with Gasteiger partial charge in [0.05, 0.1) is 0 Å². The topological polar surface area (TPSA) is 59.4 Å². The molecule has 0 aliphatic carbocycles. The van der Waals surface area contributed by atoms with Gasteiger partial charge in [0, 0.05) is 50.2 Å². The van der Waals surface area contributed by atoms with E-state index in [0.29, 0.717) is 38.4 Å². The van der Waals surface area contributed by atoms with Crippen molar-refractivity contribution in [3.05, 3.63) is 34.2 Å². The first-order valence-corrected chi connectivity index (χ1v) is 7.51. The third-order valence-corrected chi connectivity index (χ3v) is 4.52. The van der Waals surface area contributed by atoms with Crippen LogP contribution in [0.1, 0.15) is 37.8 Å². The fourth-order valence-corrected chi connectivity index (χ4v) is 3.54. The summed E-state index contributed by atoms with van der Waals surface area (Å²) in [4.78, 5) is 37.0. The molecule has 2 bridgehead atoms. The molecule has 3 rings (SSSR count). The van der Waals surface area contributed by atoms with Crippen molar-refractivity contribution in [2.75, 3.05) is 13.1 Å². The second kappa shape index (κ2) is 5.47. The van der Waals surface area contributed by atoms with Crippen LogP contribution in [0.2, 0.25) is 0 Å². The zero-order valence-corrected chi connectivity index (χ0v) is 12.2. The van der Waals surface area contributed by atoms with Gasteiger partial charge in [0.25, 0.3) is 5.56 Å². The van der Waals surface area contributed by atoms with Crippen LogP contribution in [0.4, 0.5) is 0 Å². The SMILES string of the molecule is CC(=O)CCC(=O)N1CC2CC(C1)c1cccc(=O)n1C2. The van der Waals surface area contributed by atoms with Gasteiger partial charge in [0.1, 0.15) is 5.78 Å². The van der Waals surface area contributed by atoms with Crippen molar-refractivity contribution >= 4 is 11.7 Å². The molecule has 5 heteroatoms. The molecular formula is C16H20N2O3. The Kier molecular flexibility index (Phi) is 3.66. The van der Waals surface area contributed by atoms with Crippen LogP contribution in [0.5, 0.6) is 0 Å². The summed E-state index contributed by atoms with van der Waals surface area (Å²) in [6, 6.07) is 5.39. The van der Waals surface area contributed by atoms with Crippen molar-refractivity contribution in [1.82, 2.24) is 9.47 Å². The number of amides is 1. The molecule has 0 N–H and O–H groups in total. The summed E-state index contributed by atoms with van der Waals surface area (Å²) in [5, 5.41) is 0. The number of carbonyl (C=O) groups is 2. The number of likely N-dealkylation sites (tertiary alicyclic amines) is 1. The molecule has 1 fully saturated rings. The number of carbonyl (C=O) groups excluding carboxylic acids is 2. The minimum atomic E-state index is 0.0532. The zero-order valence-electron chi connectivity index (χ0n) is 12.2. The van der Waals surface area contributed by atoms with Crippen LogP contribution in [0, 0.1) is 5.92 Å². The van der Waals surface area contributed by atoms with E-state index < -0.39 is 0 Å². The molecule has 0 spiro atoms. The largest absolute Gasteiger partial charge is 0.342 e. The van der Waals surface area contributed by atoms with Gasteiger partial charge in [-0.05, 0) is 25.3 Å². The van der Waals surface area contributed by atoms with E-state index in [9.17, 15) is 14.4 Å². The average molecular weight is 288 g/mol. The number of ketones is 1. The summed E-state index contributed by atoms with van der Waals surface area (Å²) in [5.74, 6) is 0.703. The van der Waals surface area contributed by atoms with Gasteiger partial charge in [-0.25, -0.2) is 0 Å². The lowest BCUT2D eigenvalue weighted by Crippen LogP contribution is -2.49. The molecule has 2 aliphatic rings. The lowest BCUT2D eigenvalue weighted by Gasteiger charge is -2.42. The number of hydrogen-bond acceptors (Lipinski definition) is 3. The van der Waals surface area contributed by atoms with Crippen molar-refractivity contribution in [2.45, 2.75) is 38.6 Å². The molecule has 3 heterocycles. The summed E-state index contributed by atoms with van der Waals surface area (Å²) in [6.45, 7) is 3.58.